The van der Waals surface area contributed by atoms with Crippen LogP contribution in [-0.4, -0.2) is 49.1 Å². The second kappa shape index (κ2) is 8.47. The molecule has 0 bridgehead atoms. The molecule has 8 heteroatoms. The standard InChI is InChI=1S/C22H19ClN4O3/c1-29-18-8-4-16(5-9-18)21(28)26-10-12-27(13-11-26)22-19(14-24)25-20(30-22)15-2-6-17(23)7-3-15/h2-9H,10-13H2,1H3. The molecule has 2 heterocycles. The fourth-order valence-electron chi connectivity index (χ4n) is 3.34. The Labute approximate surface area is 179 Å². The van der Waals surface area contributed by atoms with Gasteiger partial charge in [0.2, 0.25) is 17.5 Å². The monoisotopic (exact) mass is 422 g/mol. The minimum atomic E-state index is -0.0303. The Morgan fingerprint density at radius 2 is 1.77 bits per heavy atom. The third-order valence-electron chi connectivity index (χ3n) is 5.00. The van der Waals surface area contributed by atoms with E-state index < -0.39 is 0 Å². The molecule has 7 nitrogen and oxygen atoms in total. The molecule has 1 saturated heterocycles. The quantitative estimate of drug-likeness (QED) is 0.635. The molecule has 0 N–H and O–H groups in total. The lowest BCUT2D eigenvalue weighted by Crippen LogP contribution is -2.48. The molecule has 152 valence electrons. The second-order valence-corrected chi connectivity index (χ2v) is 7.24. The Kier molecular flexibility index (Phi) is 5.59. The number of nitriles is 1. The van der Waals surface area contributed by atoms with E-state index in [1.807, 2.05) is 4.90 Å². The van der Waals surface area contributed by atoms with E-state index >= 15 is 0 Å². The molecule has 0 saturated carbocycles. The van der Waals surface area contributed by atoms with Crippen LogP contribution in [0.5, 0.6) is 5.75 Å². The number of nitrogens with zero attached hydrogens (tertiary/aromatic N) is 4. The van der Waals surface area contributed by atoms with Crippen LogP contribution in [0.2, 0.25) is 5.02 Å². The summed E-state index contributed by atoms with van der Waals surface area (Å²) in [7, 11) is 1.59. The van der Waals surface area contributed by atoms with E-state index in [0.717, 1.165) is 5.56 Å². The molecule has 1 amide bonds. The van der Waals surface area contributed by atoms with Crippen LogP contribution in [0.25, 0.3) is 11.5 Å². The number of methoxy groups -OCH3 is 1. The molecule has 0 unspecified atom stereocenters. The fraction of sp³-hybridized carbons (Fsp3) is 0.227. The van der Waals surface area contributed by atoms with Gasteiger partial charge in [-0.3, -0.25) is 4.79 Å². The number of ether oxygens (including phenoxy) is 1. The normalized spacial score (nSPS) is 13.8. The van der Waals surface area contributed by atoms with Gasteiger partial charge in [-0.2, -0.15) is 10.2 Å². The van der Waals surface area contributed by atoms with E-state index in [9.17, 15) is 10.1 Å². The smallest absolute Gasteiger partial charge is 0.253 e. The molecule has 1 aliphatic heterocycles. The topological polar surface area (TPSA) is 82.6 Å². The predicted octanol–water partition coefficient (Wildman–Crippen LogP) is 3.84. The van der Waals surface area contributed by atoms with Gasteiger partial charge in [0.25, 0.3) is 5.91 Å². The van der Waals surface area contributed by atoms with Crippen LogP contribution in [0.4, 0.5) is 5.88 Å². The minimum absolute atomic E-state index is 0.0303. The first-order valence-electron chi connectivity index (χ1n) is 9.44. The largest absolute Gasteiger partial charge is 0.497 e. The Bertz CT molecular complexity index is 1080. The Morgan fingerprint density at radius 1 is 1.10 bits per heavy atom. The van der Waals surface area contributed by atoms with Gasteiger partial charge >= 0.3 is 0 Å². The van der Waals surface area contributed by atoms with Crippen molar-refractivity contribution < 1.29 is 13.9 Å². The zero-order valence-corrected chi connectivity index (χ0v) is 17.1. The lowest BCUT2D eigenvalue weighted by atomic mass is 10.1. The number of amides is 1. The SMILES string of the molecule is COc1ccc(C(=O)N2CCN(c3oc(-c4ccc(Cl)cc4)nc3C#N)CC2)cc1. The van der Waals surface area contributed by atoms with Crippen molar-refractivity contribution >= 4 is 23.4 Å². The summed E-state index contributed by atoms with van der Waals surface area (Å²) < 4.78 is 11.0. The summed E-state index contributed by atoms with van der Waals surface area (Å²) in [6.45, 7) is 2.14. The average molecular weight is 423 g/mol. The van der Waals surface area contributed by atoms with Crippen molar-refractivity contribution in [3.63, 3.8) is 0 Å². The molecule has 2 aromatic carbocycles. The number of carbonyl (C=O) groups is 1. The first kappa shape index (κ1) is 19.8. The van der Waals surface area contributed by atoms with E-state index in [1.165, 1.54) is 0 Å². The summed E-state index contributed by atoms with van der Waals surface area (Å²) in [5.74, 6) is 1.48. The highest BCUT2D eigenvalue weighted by Gasteiger charge is 2.27. The maximum Gasteiger partial charge on any atom is 0.253 e. The van der Waals surface area contributed by atoms with Gasteiger partial charge in [-0.25, -0.2) is 0 Å². The first-order valence-corrected chi connectivity index (χ1v) is 9.82. The average Bonchev–Trinajstić information content (AvgIpc) is 3.24. The first-order chi connectivity index (χ1) is 14.6. The van der Waals surface area contributed by atoms with Gasteiger partial charge in [-0.1, -0.05) is 11.6 Å². The van der Waals surface area contributed by atoms with E-state index in [1.54, 1.807) is 60.5 Å². The maximum atomic E-state index is 12.7. The van der Waals surface area contributed by atoms with Crippen LogP contribution in [0.1, 0.15) is 16.1 Å². The van der Waals surface area contributed by atoms with Gasteiger partial charge in [0.15, 0.2) is 0 Å². The van der Waals surface area contributed by atoms with Crippen LogP contribution < -0.4 is 9.64 Å². The van der Waals surface area contributed by atoms with Crippen molar-refractivity contribution in [1.82, 2.24) is 9.88 Å². The van der Waals surface area contributed by atoms with Gasteiger partial charge in [0, 0.05) is 42.3 Å². The number of anilines is 1. The van der Waals surface area contributed by atoms with Crippen molar-refractivity contribution in [2.75, 3.05) is 38.2 Å². The van der Waals surface area contributed by atoms with Crippen molar-refractivity contribution in [2.24, 2.45) is 0 Å². The molecule has 1 aromatic heterocycles. The highest BCUT2D eigenvalue weighted by Crippen LogP contribution is 2.29. The fourth-order valence-corrected chi connectivity index (χ4v) is 3.47. The van der Waals surface area contributed by atoms with Crippen molar-refractivity contribution in [1.29, 1.82) is 5.26 Å². The number of carbonyl (C=O) groups excluding carboxylic acids is 1. The lowest BCUT2D eigenvalue weighted by molar-refractivity contribution is 0.0745. The molecule has 0 aliphatic carbocycles. The van der Waals surface area contributed by atoms with Crippen LogP contribution >= 0.6 is 11.6 Å². The predicted molar refractivity (Wildman–Crippen MR) is 113 cm³/mol. The van der Waals surface area contributed by atoms with Crippen LogP contribution in [0, 0.1) is 11.3 Å². The molecular weight excluding hydrogens is 404 g/mol. The van der Waals surface area contributed by atoms with Crippen molar-refractivity contribution in [2.45, 2.75) is 0 Å². The lowest BCUT2D eigenvalue weighted by Gasteiger charge is -2.34. The summed E-state index contributed by atoms with van der Waals surface area (Å²) >= 11 is 5.93. The summed E-state index contributed by atoms with van der Waals surface area (Å²) in [6.07, 6.45) is 0. The number of hydrogen-bond acceptors (Lipinski definition) is 6. The zero-order valence-electron chi connectivity index (χ0n) is 16.3. The molecule has 1 aliphatic rings. The Morgan fingerprint density at radius 3 is 2.37 bits per heavy atom. The summed E-state index contributed by atoms with van der Waals surface area (Å²) in [5, 5.41) is 10.1. The second-order valence-electron chi connectivity index (χ2n) is 6.80. The van der Waals surface area contributed by atoms with Gasteiger partial charge in [-0.05, 0) is 48.5 Å². The van der Waals surface area contributed by atoms with Crippen LogP contribution in [-0.2, 0) is 0 Å². The van der Waals surface area contributed by atoms with E-state index in [-0.39, 0.29) is 11.6 Å². The molecule has 3 aromatic rings. The highest BCUT2D eigenvalue weighted by molar-refractivity contribution is 6.30. The maximum absolute atomic E-state index is 12.7. The van der Waals surface area contributed by atoms with Gasteiger partial charge in [-0.15, -0.1) is 0 Å². The van der Waals surface area contributed by atoms with Crippen molar-refractivity contribution in [3.8, 4) is 23.3 Å². The Balaban J connectivity index is 1.46. The molecule has 0 radical (unpaired) electrons. The molecule has 0 atom stereocenters. The summed E-state index contributed by atoms with van der Waals surface area (Å²) in [5.41, 5.74) is 1.59. The number of piperazine rings is 1. The minimum Gasteiger partial charge on any atom is -0.497 e. The van der Waals surface area contributed by atoms with Crippen LogP contribution in [0.3, 0.4) is 0 Å². The number of halogens is 1. The van der Waals surface area contributed by atoms with E-state index in [4.69, 9.17) is 20.8 Å². The molecule has 1 fully saturated rings. The number of aromatic nitrogens is 1. The molecule has 30 heavy (non-hydrogen) atoms. The zero-order chi connectivity index (χ0) is 21.1. The van der Waals surface area contributed by atoms with E-state index in [0.29, 0.717) is 54.3 Å². The van der Waals surface area contributed by atoms with Gasteiger partial charge < -0.3 is 19.0 Å². The molecular formula is C22H19ClN4O3. The third-order valence-corrected chi connectivity index (χ3v) is 5.25. The highest BCUT2D eigenvalue weighted by atomic mass is 35.5. The number of rotatable bonds is 4. The number of hydrogen-bond donors (Lipinski definition) is 0. The number of benzene rings is 2. The third kappa shape index (κ3) is 3.95. The van der Waals surface area contributed by atoms with Gasteiger partial charge in [0.05, 0.1) is 7.11 Å². The van der Waals surface area contributed by atoms with Gasteiger partial charge in [0.1, 0.15) is 11.8 Å². The number of oxazole rings is 1. The van der Waals surface area contributed by atoms with Crippen molar-refractivity contribution in [3.05, 3.63) is 64.8 Å². The Hall–Kier alpha value is -3.50. The summed E-state index contributed by atoms with van der Waals surface area (Å²) in [6, 6.07) is 16.3. The molecule has 4 rings (SSSR count). The van der Waals surface area contributed by atoms with E-state index in [2.05, 4.69) is 11.1 Å². The van der Waals surface area contributed by atoms with Crippen LogP contribution in [0.15, 0.2) is 52.9 Å². The molecule has 0 spiro atoms. The summed E-state index contributed by atoms with van der Waals surface area (Å²) in [4.78, 5) is 20.8.